The molecule has 0 spiro atoms. The lowest BCUT2D eigenvalue weighted by atomic mass is 9.84. The quantitative estimate of drug-likeness (QED) is 0.387. The highest BCUT2D eigenvalue weighted by molar-refractivity contribution is 6.27. The van der Waals surface area contributed by atoms with Crippen LogP contribution in [0, 0.1) is 12.8 Å². The van der Waals surface area contributed by atoms with E-state index in [1.54, 1.807) is 13.0 Å². The molecule has 0 radical (unpaired) electrons. The van der Waals surface area contributed by atoms with Gasteiger partial charge in [-0.3, -0.25) is 14.4 Å². The minimum atomic E-state index is -0.992. The molecule has 7 heteroatoms. The van der Waals surface area contributed by atoms with Gasteiger partial charge in [0, 0.05) is 23.6 Å². The molecule has 0 unspecified atom stereocenters. The number of benzene rings is 1. The maximum absolute atomic E-state index is 12.9. The van der Waals surface area contributed by atoms with Gasteiger partial charge in [-0.2, -0.15) is 0 Å². The van der Waals surface area contributed by atoms with E-state index >= 15 is 0 Å². The van der Waals surface area contributed by atoms with Crippen molar-refractivity contribution in [2.24, 2.45) is 11.7 Å². The first-order chi connectivity index (χ1) is 13.6. The van der Waals surface area contributed by atoms with Crippen molar-refractivity contribution in [3.8, 4) is 5.75 Å². The Morgan fingerprint density at radius 2 is 1.90 bits per heavy atom. The molecule has 1 aromatic carbocycles. The van der Waals surface area contributed by atoms with E-state index in [2.05, 4.69) is 0 Å². The third-order valence-electron chi connectivity index (χ3n) is 5.15. The average molecular weight is 401 g/mol. The van der Waals surface area contributed by atoms with Crippen LogP contribution in [0.2, 0.25) is 0 Å². The normalized spacial score (nSPS) is 17.1. The Balaban J connectivity index is 2.30. The molecule has 0 fully saturated rings. The Morgan fingerprint density at radius 1 is 1.24 bits per heavy atom. The SMILES string of the molecule is CC[C@@H](/C=C/[C@H](O)[C@@H](C)O)CCC(=O)c1c(O)c(C)cc2c1C(=O)C=C(N)C2=O. The van der Waals surface area contributed by atoms with Gasteiger partial charge in [-0.25, -0.2) is 0 Å². The second-order valence-electron chi connectivity index (χ2n) is 7.38. The number of aliphatic hydroxyl groups is 2. The summed E-state index contributed by atoms with van der Waals surface area (Å²) in [5.41, 5.74) is 5.48. The van der Waals surface area contributed by atoms with E-state index in [9.17, 15) is 29.7 Å². The lowest BCUT2D eigenvalue weighted by Crippen LogP contribution is -2.25. The summed E-state index contributed by atoms with van der Waals surface area (Å²) < 4.78 is 0. The number of aryl methyl sites for hydroxylation is 1. The fraction of sp³-hybridized carbons (Fsp3) is 0.409. The van der Waals surface area contributed by atoms with Gasteiger partial charge in [0.2, 0.25) is 5.78 Å². The van der Waals surface area contributed by atoms with Crippen molar-refractivity contribution in [1.29, 1.82) is 0 Å². The van der Waals surface area contributed by atoms with Gasteiger partial charge in [-0.1, -0.05) is 19.1 Å². The smallest absolute Gasteiger partial charge is 0.209 e. The molecule has 0 bridgehead atoms. The molecule has 3 atom stereocenters. The van der Waals surface area contributed by atoms with E-state index in [4.69, 9.17) is 5.73 Å². The second-order valence-corrected chi connectivity index (χ2v) is 7.38. The van der Waals surface area contributed by atoms with Crippen LogP contribution in [0.3, 0.4) is 0 Å². The number of aromatic hydroxyl groups is 1. The summed E-state index contributed by atoms with van der Waals surface area (Å²) in [7, 11) is 0. The standard InChI is InChI=1S/C22H27NO6/c1-4-13(5-7-16(25)12(3)24)6-8-17(26)20-19-14(9-11(2)21(20)28)22(29)15(23)10-18(19)27/h5,7,9-10,12-13,16,24-25,28H,4,6,8,23H2,1-3H3/b7-5+/t12-,13+,16+/m1/s1. The van der Waals surface area contributed by atoms with Gasteiger partial charge >= 0.3 is 0 Å². The summed E-state index contributed by atoms with van der Waals surface area (Å²) in [5, 5.41) is 29.5. The third-order valence-corrected chi connectivity index (χ3v) is 5.15. The van der Waals surface area contributed by atoms with Crippen LogP contribution >= 0.6 is 0 Å². The van der Waals surface area contributed by atoms with Crippen LogP contribution in [-0.4, -0.2) is 44.9 Å². The first-order valence-electron chi connectivity index (χ1n) is 9.58. The molecule has 7 nitrogen and oxygen atoms in total. The van der Waals surface area contributed by atoms with Crippen molar-refractivity contribution in [2.45, 2.75) is 52.2 Å². The van der Waals surface area contributed by atoms with E-state index in [0.717, 1.165) is 6.08 Å². The highest BCUT2D eigenvalue weighted by atomic mass is 16.3. The summed E-state index contributed by atoms with van der Waals surface area (Å²) in [6.07, 6.45) is 3.48. The third kappa shape index (κ3) is 4.81. The van der Waals surface area contributed by atoms with Crippen LogP contribution in [0.4, 0.5) is 0 Å². The number of allylic oxidation sites excluding steroid dienone is 3. The van der Waals surface area contributed by atoms with Crippen molar-refractivity contribution >= 4 is 17.3 Å². The molecular formula is C22H27NO6. The maximum atomic E-state index is 12.9. The molecule has 29 heavy (non-hydrogen) atoms. The minimum Gasteiger partial charge on any atom is -0.507 e. The zero-order chi connectivity index (χ0) is 21.9. The van der Waals surface area contributed by atoms with Crippen molar-refractivity contribution in [3.05, 3.63) is 52.2 Å². The molecule has 0 amide bonds. The number of hydrogen-bond acceptors (Lipinski definition) is 7. The minimum absolute atomic E-state index is 0.0284. The highest BCUT2D eigenvalue weighted by Gasteiger charge is 2.32. The molecule has 0 saturated carbocycles. The van der Waals surface area contributed by atoms with Gasteiger partial charge in [0.15, 0.2) is 11.6 Å². The van der Waals surface area contributed by atoms with Gasteiger partial charge < -0.3 is 21.1 Å². The van der Waals surface area contributed by atoms with Crippen LogP contribution in [0.25, 0.3) is 0 Å². The molecule has 1 aliphatic rings. The van der Waals surface area contributed by atoms with E-state index in [-0.39, 0.29) is 40.5 Å². The van der Waals surface area contributed by atoms with E-state index in [0.29, 0.717) is 18.4 Å². The molecule has 5 N–H and O–H groups in total. The van der Waals surface area contributed by atoms with Gasteiger partial charge in [0.25, 0.3) is 0 Å². The first-order valence-corrected chi connectivity index (χ1v) is 9.58. The Hall–Kier alpha value is -2.77. The molecule has 1 aromatic rings. The number of hydrogen-bond donors (Lipinski definition) is 4. The number of phenolic OH excluding ortho intramolecular Hbond substituents is 1. The lowest BCUT2D eigenvalue weighted by molar-refractivity contribution is 0.0615. The monoisotopic (exact) mass is 401 g/mol. The van der Waals surface area contributed by atoms with Crippen molar-refractivity contribution in [3.63, 3.8) is 0 Å². The molecule has 1 aliphatic carbocycles. The van der Waals surface area contributed by atoms with E-state index in [1.165, 1.54) is 19.1 Å². The molecule has 0 aromatic heterocycles. The maximum Gasteiger partial charge on any atom is 0.209 e. The number of aliphatic hydroxyl groups excluding tert-OH is 2. The van der Waals surface area contributed by atoms with Crippen LogP contribution in [0.5, 0.6) is 5.75 Å². The summed E-state index contributed by atoms with van der Waals surface area (Å²) >= 11 is 0. The van der Waals surface area contributed by atoms with Crippen molar-refractivity contribution < 1.29 is 29.7 Å². The first kappa shape index (κ1) is 22.5. The number of carbonyl (C=O) groups excluding carboxylic acids is 3. The van der Waals surface area contributed by atoms with Crippen LogP contribution in [0.1, 0.15) is 69.7 Å². The summed E-state index contributed by atoms with van der Waals surface area (Å²) in [4.78, 5) is 37.7. The van der Waals surface area contributed by atoms with Gasteiger partial charge in [0.1, 0.15) is 5.75 Å². The van der Waals surface area contributed by atoms with Gasteiger partial charge in [-0.15, -0.1) is 0 Å². The van der Waals surface area contributed by atoms with Crippen molar-refractivity contribution in [1.82, 2.24) is 0 Å². The van der Waals surface area contributed by atoms with Crippen LogP contribution < -0.4 is 5.73 Å². The summed E-state index contributed by atoms with van der Waals surface area (Å²) in [6.45, 7) is 4.95. The fourth-order valence-corrected chi connectivity index (χ4v) is 3.26. The summed E-state index contributed by atoms with van der Waals surface area (Å²) in [5.74, 6) is -1.92. The Kier molecular flexibility index (Phi) is 7.11. The number of ketones is 3. The predicted octanol–water partition coefficient (Wildman–Crippen LogP) is 2.21. The number of carbonyl (C=O) groups is 3. The Bertz CT molecular complexity index is 897. The number of rotatable bonds is 8. The molecule has 0 saturated heterocycles. The zero-order valence-corrected chi connectivity index (χ0v) is 16.8. The Morgan fingerprint density at radius 3 is 2.48 bits per heavy atom. The lowest BCUT2D eigenvalue weighted by Gasteiger charge is -2.19. The van der Waals surface area contributed by atoms with E-state index < -0.39 is 29.6 Å². The fourth-order valence-electron chi connectivity index (χ4n) is 3.26. The largest absolute Gasteiger partial charge is 0.507 e. The number of Topliss-reactive ketones (excluding diaryl/α,β-unsaturated/α-hetero) is 2. The second kappa shape index (κ2) is 9.15. The van der Waals surface area contributed by atoms with Crippen LogP contribution in [-0.2, 0) is 0 Å². The molecule has 156 valence electrons. The van der Waals surface area contributed by atoms with Crippen molar-refractivity contribution in [2.75, 3.05) is 0 Å². The number of nitrogens with two attached hydrogens (primary N) is 1. The number of fused-ring (bicyclic) bond motifs is 1. The Labute approximate surface area is 169 Å². The summed E-state index contributed by atoms with van der Waals surface area (Å²) in [6, 6.07) is 1.37. The zero-order valence-electron chi connectivity index (χ0n) is 16.8. The molecule has 2 rings (SSSR count). The molecular weight excluding hydrogens is 374 g/mol. The molecule has 0 aliphatic heterocycles. The topological polar surface area (TPSA) is 138 Å². The van der Waals surface area contributed by atoms with Gasteiger partial charge in [-0.05, 0) is 44.2 Å². The number of phenols is 1. The predicted molar refractivity (Wildman–Crippen MR) is 108 cm³/mol. The molecule has 0 heterocycles. The van der Waals surface area contributed by atoms with Gasteiger partial charge in [0.05, 0.1) is 23.5 Å². The van der Waals surface area contributed by atoms with Crippen LogP contribution in [0.15, 0.2) is 30.0 Å². The van der Waals surface area contributed by atoms with E-state index in [1.807, 2.05) is 6.92 Å². The average Bonchev–Trinajstić information content (AvgIpc) is 2.67. The highest BCUT2D eigenvalue weighted by Crippen LogP contribution is 2.34.